The van der Waals surface area contributed by atoms with Gasteiger partial charge in [-0.05, 0) is 63.3 Å². The number of fused-ring (bicyclic) bond motifs is 1. The van der Waals surface area contributed by atoms with Crippen LogP contribution in [0.15, 0.2) is 36.5 Å². The number of ether oxygens (including phenoxy) is 1. The molecule has 0 amide bonds. The number of anilines is 2. The highest BCUT2D eigenvalue weighted by molar-refractivity contribution is 7.21. The number of hydrogen-bond donors (Lipinski definition) is 4. The Labute approximate surface area is 255 Å². The molecule has 2 aliphatic carbocycles. The Kier molecular flexibility index (Phi) is 7.81. The molecule has 4 N–H and O–H groups in total. The van der Waals surface area contributed by atoms with Gasteiger partial charge < -0.3 is 25.6 Å². The van der Waals surface area contributed by atoms with E-state index in [4.69, 9.17) is 9.97 Å². The summed E-state index contributed by atoms with van der Waals surface area (Å²) < 4.78 is 42.7. The van der Waals surface area contributed by atoms with E-state index in [0.717, 1.165) is 28.8 Å². The van der Waals surface area contributed by atoms with Gasteiger partial charge in [0.05, 0.1) is 33.8 Å². The van der Waals surface area contributed by atoms with E-state index in [1.165, 1.54) is 35.6 Å². The number of halogens is 3. The lowest BCUT2D eigenvalue weighted by molar-refractivity contribution is -0.274. The fraction of sp³-hybridized carbons (Fsp3) is 0.433. The van der Waals surface area contributed by atoms with Crippen molar-refractivity contribution in [3.8, 4) is 22.4 Å². The fourth-order valence-corrected chi connectivity index (χ4v) is 6.70. The largest absolute Gasteiger partial charge is 0.573 e. The van der Waals surface area contributed by atoms with Crippen LogP contribution in [0.4, 0.5) is 24.9 Å². The minimum atomic E-state index is -4.78. The minimum Gasteiger partial charge on any atom is -0.406 e. The lowest BCUT2D eigenvalue weighted by Gasteiger charge is -2.31. The lowest BCUT2D eigenvalue weighted by Crippen LogP contribution is -2.47. The minimum absolute atomic E-state index is 0.104. The summed E-state index contributed by atoms with van der Waals surface area (Å²) in [6.07, 6.45) is -1.32. The molecule has 14 heteroatoms. The van der Waals surface area contributed by atoms with Crippen LogP contribution in [-0.4, -0.2) is 48.3 Å². The van der Waals surface area contributed by atoms with E-state index in [2.05, 4.69) is 31.4 Å². The lowest BCUT2D eigenvalue weighted by atomic mass is 10.00. The topological polar surface area (TPSA) is 149 Å². The molecule has 3 aromatic heterocycles. The van der Waals surface area contributed by atoms with E-state index in [0.29, 0.717) is 34.2 Å². The Balaban J connectivity index is 1.35. The van der Waals surface area contributed by atoms with Crippen LogP contribution in [0.1, 0.15) is 67.9 Å². The van der Waals surface area contributed by atoms with Crippen molar-refractivity contribution < 1.29 is 28.1 Å². The first-order valence-electron chi connectivity index (χ1n) is 14.3. The van der Waals surface area contributed by atoms with Gasteiger partial charge in [-0.15, -0.1) is 24.5 Å². The van der Waals surface area contributed by atoms with Gasteiger partial charge >= 0.3 is 6.36 Å². The molecule has 2 saturated carbocycles. The van der Waals surface area contributed by atoms with Crippen LogP contribution in [0, 0.1) is 24.2 Å². The number of alkyl halides is 3. The van der Waals surface area contributed by atoms with Crippen molar-refractivity contribution in [2.75, 3.05) is 10.6 Å². The van der Waals surface area contributed by atoms with Crippen LogP contribution in [0.5, 0.6) is 5.75 Å². The Morgan fingerprint density at radius 2 is 1.91 bits per heavy atom. The summed E-state index contributed by atoms with van der Waals surface area (Å²) in [6.45, 7) is 3.60. The Hall–Kier alpha value is -4.06. The average molecular weight is 626 g/mol. The van der Waals surface area contributed by atoms with E-state index in [1.807, 2.05) is 6.07 Å². The molecule has 0 unspecified atom stereocenters. The molecule has 44 heavy (non-hydrogen) atoms. The average Bonchev–Trinajstić information content (AvgIpc) is 3.66. The van der Waals surface area contributed by atoms with Crippen molar-refractivity contribution in [2.45, 2.75) is 76.1 Å². The van der Waals surface area contributed by atoms with E-state index in [1.54, 1.807) is 20.0 Å². The quantitative estimate of drug-likeness (QED) is 0.159. The number of rotatable bonds is 9. The molecule has 2 aliphatic rings. The third-order valence-corrected chi connectivity index (χ3v) is 9.12. The Morgan fingerprint density at radius 3 is 2.59 bits per heavy atom. The number of aromatic nitrogens is 4. The zero-order valence-electron chi connectivity index (χ0n) is 23.9. The Morgan fingerprint density at radius 1 is 1.16 bits per heavy atom. The number of aliphatic hydroxyl groups excluding tert-OH is 1. The molecule has 230 valence electrons. The van der Waals surface area contributed by atoms with Crippen molar-refractivity contribution in [3.05, 3.63) is 53.5 Å². The SMILES string of the molecule is Cc1nc(N[C@H](C)c2ccc(OC(F)(F)F)cc2)nc(N[C@@]2(O)CC[C@H](CC#N)[C@H]2O)c1-c1nc2c(C3CC3)nccc2s1. The molecule has 10 nitrogen and oxygen atoms in total. The highest BCUT2D eigenvalue weighted by Crippen LogP contribution is 2.45. The normalized spacial score (nSPS) is 22.5. The maximum absolute atomic E-state index is 12.6. The molecule has 2 fully saturated rings. The van der Waals surface area contributed by atoms with Crippen molar-refractivity contribution >= 4 is 33.3 Å². The maximum atomic E-state index is 12.6. The number of nitriles is 1. The van der Waals surface area contributed by atoms with Crippen LogP contribution in [0.3, 0.4) is 0 Å². The van der Waals surface area contributed by atoms with E-state index >= 15 is 0 Å². The summed E-state index contributed by atoms with van der Waals surface area (Å²) in [5, 5.41) is 38.6. The van der Waals surface area contributed by atoms with E-state index in [-0.39, 0.29) is 30.4 Å². The van der Waals surface area contributed by atoms with Crippen molar-refractivity contribution in [3.63, 3.8) is 0 Å². The third kappa shape index (κ3) is 6.12. The third-order valence-electron chi connectivity index (χ3n) is 8.08. The number of hydrogen-bond acceptors (Lipinski definition) is 11. The number of aryl methyl sites for hydroxylation is 1. The van der Waals surface area contributed by atoms with Crippen LogP contribution in [0.25, 0.3) is 20.8 Å². The monoisotopic (exact) mass is 625 g/mol. The highest BCUT2D eigenvalue weighted by Gasteiger charge is 2.47. The van der Waals surface area contributed by atoms with Gasteiger partial charge in [-0.1, -0.05) is 12.1 Å². The van der Waals surface area contributed by atoms with Crippen molar-refractivity contribution in [2.24, 2.45) is 5.92 Å². The molecular formula is C30H30F3N7O3S. The predicted octanol–water partition coefficient (Wildman–Crippen LogP) is 6.19. The zero-order valence-corrected chi connectivity index (χ0v) is 24.7. The summed E-state index contributed by atoms with van der Waals surface area (Å²) >= 11 is 1.46. The summed E-state index contributed by atoms with van der Waals surface area (Å²) in [7, 11) is 0. The standard InChI is InChI=1S/C30H30F3N7O3S/c1-15(17-5-7-20(8-6-17)43-30(31,32)33)36-28-37-16(2)22(26(39-28)40-29(42)12-9-19(10-13-34)25(29)41)27-38-24-21(44-27)11-14-35-23(24)18-3-4-18/h5-8,11,14-15,18-19,25,41-42H,3-4,9-10,12H2,1-2H3,(H2,36,37,39,40)/t15-,19-,25-,29-/m1/s1. The van der Waals surface area contributed by atoms with Crippen molar-refractivity contribution in [1.82, 2.24) is 19.9 Å². The molecule has 1 aromatic carbocycles. The maximum Gasteiger partial charge on any atom is 0.573 e. The number of thiazole rings is 1. The van der Waals surface area contributed by atoms with Gasteiger partial charge in [0.25, 0.3) is 0 Å². The van der Waals surface area contributed by atoms with E-state index < -0.39 is 30.2 Å². The molecule has 0 aliphatic heterocycles. The molecule has 0 spiro atoms. The fourth-order valence-electron chi connectivity index (χ4n) is 5.63. The second-order valence-corrected chi connectivity index (χ2v) is 12.4. The number of nitrogens with zero attached hydrogens (tertiary/aromatic N) is 5. The number of aliphatic hydroxyl groups is 2. The highest BCUT2D eigenvalue weighted by atomic mass is 32.1. The zero-order chi connectivity index (χ0) is 31.2. The smallest absolute Gasteiger partial charge is 0.406 e. The summed E-state index contributed by atoms with van der Waals surface area (Å²) in [6, 6.07) is 9.06. The molecule has 0 saturated heterocycles. The van der Waals surface area contributed by atoms with Crippen LogP contribution in [0.2, 0.25) is 0 Å². The van der Waals surface area contributed by atoms with Crippen LogP contribution in [-0.2, 0) is 0 Å². The summed E-state index contributed by atoms with van der Waals surface area (Å²) in [4.78, 5) is 18.9. The van der Waals surface area contributed by atoms with Gasteiger partial charge in [-0.2, -0.15) is 10.2 Å². The van der Waals surface area contributed by atoms with Gasteiger partial charge in [0, 0.05) is 24.5 Å². The second kappa shape index (κ2) is 11.5. The van der Waals surface area contributed by atoms with Gasteiger partial charge in [0.2, 0.25) is 5.95 Å². The van der Waals surface area contributed by atoms with E-state index in [9.17, 15) is 28.6 Å². The summed E-state index contributed by atoms with van der Waals surface area (Å²) in [5.41, 5.74) is 1.81. The molecular weight excluding hydrogens is 595 g/mol. The second-order valence-electron chi connectivity index (χ2n) is 11.3. The van der Waals surface area contributed by atoms with Gasteiger partial charge in [0.15, 0.2) is 5.72 Å². The van der Waals surface area contributed by atoms with Crippen LogP contribution < -0.4 is 15.4 Å². The van der Waals surface area contributed by atoms with Crippen LogP contribution >= 0.6 is 11.3 Å². The number of nitrogens with one attached hydrogen (secondary N) is 2. The molecule has 0 radical (unpaired) electrons. The molecule has 6 rings (SSSR count). The Bertz CT molecular complexity index is 1720. The first-order chi connectivity index (χ1) is 20.9. The molecule has 3 heterocycles. The number of benzene rings is 1. The van der Waals surface area contributed by atoms with Crippen molar-refractivity contribution in [1.29, 1.82) is 5.26 Å². The predicted molar refractivity (Wildman–Crippen MR) is 158 cm³/mol. The first-order valence-corrected chi connectivity index (χ1v) is 15.1. The van der Waals surface area contributed by atoms with Gasteiger partial charge in [-0.3, -0.25) is 4.98 Å². The first kappa shape index (κ1) is 30.0. The van der Waals surface area contributed by atoms with Gasteiger partial charge in [0.1, 0.15) is 28.2 Å². The molecule has 0 bridgehead atoms. The van der Waals surface area contributed by atoms with Gasteiger partial charge in [-0.25, -0.2) is 9.97 Å². The number of pyridine rings is 1. The molecule has 4 aromatic rings. The summed E-state index contributed by atoms with van der Waals surface area (Å²) in [5.74, 6) is 0.103. The molecule has 4 atom stereocenters.